The SMILES string of the molecule is Cn1ncc(-c2cc(N)c(F)c(NC(=O)c3cscn3)c2F)c1N1CCCC(N)C(F)C1. The first kappa shape index (κ1) is 22.1. The number of hydrogen-bond donors (Lipinski definition) is 3. The molecule has 2 unspecified atom stereocenters. The number of amides is 1. The Balaban J connectivity index is 1.76. The molecule has 1 aliphatic heterocycles. The number of carbonyl (C=O) groups is 1. The van der Waals surface area contributed by atoms with Gasteiger partial charge in [-0.15, -0.1) is 11.3 Å². The number of alkyl halides is 1. The molecule has 12 heteroatoms. The Morgan fingerprint density at radius 3 is 2.81 bits per heavy atom. The molecule has 0 radical (unpaired) electrons. The highest BCUT2D eigenvalue weighted by molar-refractivity contribution is 7.07. The van der Waals surface area contributed by atoms with E-state index >= 15 is 4.39 Å². The lowest BCUT2D eigenvalue weighted by Crippen LogP contribution is -2.38. The van der Waals surface area contributed by atoms with Gasteiger partial charge in [-0.2, -0.15) is 5.10 Å². The van der Waals surface area contributed by atoms with Crippen LogP contribution in [0.3, 0.4) is 0 Å². The average Bonchev–Trinajstić information content (AvgIpc) is 3.39. The van der Waals surface area contributed by atoms with Gasteiger partial charge in [0.15, 0.2) is 11.6 Å². The van der Waals surface area contributed by atoms with Gasteiger partial charge in [0.1, 0.15) is 23.4 Å². The number of carbonyl (C=O) groups excluding carboxylic acids is 1. The average molecular weight is 466 g/mol. The third-order valence-electron chi connectivity index (χ3n) is 5.45. The fraction of sp³-hybridized carbons (Fsp3) is 0.350. The van der Waals surface area contributed by atoms with Crippen molar-refractivity contribution in [2.24, 2.45) is 12.8 Å². The van der Waals surface area contributed by atoms with Crippen LogP contribution in [0.2, 0.25) is 0 Å². The lowest BCUT2D eigenvalue weighted by molar-refractivity contribution is 0.102. The van der Waals surface area contributed by atoms with E-state index < -0.39 is 35.4 Å². The van der Waals surface area contributed by atoms with Crippen molar-refractivity contribution in [1.29, 1.82) is 0 Å². The number of nitrogens with two attached hydrogens (primary N) is 2. The maximum atomic E-state index is 15.5. The van der Waals surface area contributed by atoms with Crippen LogP contribution in [0, 0.1) is 11.6 Å². The zero-order valence-corrected chi connectivity index (χ0v) is 18.0. The quantitative estimate of drug-likeness (QED) is 0.511. The number of halogens is 3. The molecule has 2 aromatic heterocycles. The third kappa shape index (κ3) is 4.02. The molecule has 32 heavy (non-hydrogen) atoms. The number of nitrogen functional groups attached to an aromatic ring is 1. The molecule has 5 N–H and O–H groups in total. The molecule has 0 spiro atoms. The van der Waals surface area contributed by atoms with Crippen molar-refractivity contribution < 1.29 is 18.0 Å². The van der Waals surface area contributed by atoms with Crippen molar-refractivity contribution >= 4 is 34.4 Å². The predicted molar refractivity (Wildman–Crippen MR) is 117 cm³/mol. The molecule has 8 nitrogen and oxygen atoms in total. The Kier molecular flexibility index (Phi) is 6.07. The number of benzene rings is 1. The summed E-state index contributed by atoms with van der Waals surface area (Å²) in [6.45, 7) is 0.506. The molecule has 3 aromatic rings. The minimum atomic E-state index is -1.27. The summed E-state index contributed by atoms with van der Waals surface area (Å²) < 4.78 is 46.2. The minimum Gasteiger partial charge on any atom is -0.396 e. The largest absolute Gasteiger partial charge is 0.396 e. The first-order valence-corrected chi connectivity index (χ1v) is 10.9. The summed E-state index contributed by atoms with van der Waals surface area (Å²) in [4.78, 5) is 17.9. The van der Waals surface area contributed by atoms with Gasteiger partial charge in [0.05, 0.1) is 23.9 Å². The van der Waals surface area contributed by atoms with Crippen LogP contribution < -0.4 is 21.7 Å². The van der Waals surface area contributed by atoms with Crippen molar-refractivity contribution in [2.45, 2.75) is 25.1 Å². The Hall–Kier alpha value is -3.12. The van der Waals surface area contributed by atoms with E-state index in [1.165, 1.54) is 33.1 Å². The Labute approximate surface area is 186 Å². The van der Waals surface area contributed by atoms with Gasteiger partial charge >= 0.3 is 0 Å². The second-order valence-corrected chi connectivity index (χ2v) is 8.34. The number of thiazole rings is 1. The number of nitrogens with zero attached hydrogens (tertiary/aromatic N) is 4. The maximum Gasteiger partial charge on any atom is 0.275 e. The van der Waals surface area contributed by atoms with Crippen LogP contribution in [0.25, 0.3) is 11.1 Å². The van der Waals surface area contributed by atoms with E-state index in [0.717, 1.165) is 6.07 Å². The molecule has 1 saturated heterocycles. The summed E-state index contributed by atoms with van der Waals surface area (Å²) in [7, 11) is 1.65. The van der Waals surface area contributed by atoms with Crippen LogP contribution in [0.5, 0.6) is 0 Å². The van der Waals surface area contributed by atoms with Gasteiger partial charge < -0.3 is 21.7 Å². The van der Waals surface area contributed by atoms with E-state index in [0.29, 0.717) is 30.8 Å². The highest BCUT2D eigenvalue weighted by Gasteiger charge is 2.30. The van der Waals surface area contributed by atoms with Crippen molar-refractivity contribution in [2.75, 3.05) is 29.0 Å². The van der Waals surface area contributed by atoms with E-state index in [2.05, 4.69) is 15.4 Å². The van der Waals surface area contributed by atoms with Gasteiger partial charge in [0, 0.05) is 36.1 Å². The van der Waals surface area contributed by atoms with Crippen molar-refractivity contribution in [3.63, 3.8) is 0 Å². The van der Waals surface area contributed by atoms with E-state index in [1.54, 1.807) is 11.9 Å². The lowest BCUT2D eigenvalue weighted by atomic mass is 10.0. The molecule has 4 rings (SSSR count). The van der Waals surface area contributed by atoms with Crippen LogP contribution in [-0.2, 0) is 7.05 Å². The van der Waals surface area contributed by atoms with Crippen LogP contribution >= 0.6 is 11.3 Å². The second kappa shape index (κ2) is 8.79. The molecule has 2 atom stereocenters. The number of hydrogen-bond acceptors (Lipinski definition) is 7. The standard InChI is InChI=1S/C20H22F3N7OS/c1-29-20(30-4-2-3-13(24)12(21)7-30)11(6-27-29)10-5-14(25)17(23)18(16(10)22)28-19(31)15-8-32-9-26-15/h5-6,8-9,12-13H,2-4,7,24-25H2,1H3,(H,28,31). The van der Waals surface area contributed by atoms with Crippen LogP contribution in [0.1, 0.15) is 23.3 Å². The van der Waals surface area contributed by atoms with Crippen molar-refractivity contribution in [3.05, 3.63) is 40.5 Å². The highest BCUT2D eigenvalue weighted by atomic mass is 32.1. The van der Waals surface area contributed by atoms with Crippen molar-refractivity contribution in [1.82, 2.24) is 14.8 Å². The number of rotatable bonds is 4. The third-order valence-corrected chi connectivity index (χ3v) is 6.04. The smallest absolute Gasteiger partial charge is 0.275 e. The second-order valence-electron chi connectivity index (χ2n) is 7.62. The van der Waals surface area contributed by atoms with Crippen LogP contribution in [0.15, 0.2) is 23.2 Å². The zero-order chi connectivity index (χ0) is 23.0. The first-order chi connectivity index (χ1) is 15.3. The number of aryl methyl sites for hydroxylation is 1. The zero-order valence-electron chi connectivity index (χ0n) is 17.2. The van der Waals surface area contributed by atoms with Crippen molar-refractivity contribution in [3.8, 4) is 11.1 Å². The molecule has 1 aromatic carbocycles. The molecule has 1 aliphatic rings. The fourth-order valence-electron chi connectivity index (χ4n) is 3.79. The van der Waals surface area contributed by atoms with E-state index in [1.807, 2.05) is 0 Å². The lowest BCUT2D eigenvalue weighted by Gasteiger charge is -2.26. The molecule has 0 saturated carbocycles. The molecule has 1 amide bonds. The summed E-state index contributed by atoms with van der Waals surface area (Å²) in [5.74, 6) is -2.43. The number of aromatic nitrogens is 3. The Bertz CT molecular complexity index is 1130. The number of nitrogens with one attached hydrogen (secondary N) is 1. The summed E-state index contributed by atoms with van der Waals surface area (Å²) in [5, 5.41) is 7.86. The highest BCUT2D eigenvalue weighted by Crippen LogP contribution is 2.39. The summed E-state index contributed by atoms with van der Waals surface area (Å²) >= 11 is 1.17. The van der Waals surface area contributed by atoms with Gasteiger partial charge in [-0.25, -0.2) is 18.2 Å². The molecule has 3 heterocycles. The first-order valence-electron chi connectivity index (χ1n) is 9.92. The minimum absolute atomic E-state index is 0.0133. The van der Waals surface area contributed by atoms with Gasteiger partial charge in [0.25, 0.3) is 5.91 Å². The topological polar surface area (TPSA) is 115 Å². The van der Waals surface area contributed by atoms with Gasteiger partial charge in [-0.1, -0.05) is 0 Å². The monoisotopic (exact) mass is 465 g/mol. The van der Waals surface area contributed by atoms with Gasteiger partial charge in [-0.3, -0.25) is 9.48 Å². The molecule has 1 fully saturated rings. The number of anilines is 3. The maximum absolute atomic E-state index is 15.5. The van der Waals surface area contributed by atoms with Crippen LogP contribution in [0.4, 0.5) is 30.4 Å². The van der Waals surface area contributed by atoms with Crippen LogP contribution in [-0.4, -0.2) is 46.0 Å². The van der Waals surface area contributed by atoms with E-state index in [-0.39, 0.29) is 23.5 Å². The fourth-order valence-corrected chi connectivity index (χ4v) is 4.32. The Morgan fingerprint density at radius 2 is 2.09 bits per heavy atom. The summed E-state index contributed by atoms with van der Waals surface area (Å²) in [6.07, 6.45) is 1.30. The van der Waals surface area contributed by atoms with E-state index in [9.17, 15) is 13.6 Å². The predicted octanol–water partition coefficient (Wildman–Crippen LogP) is 2.92. The normalized spacial score (nSPS) is 19.1. The van der Waals surface area contributed by atoms with E-state index in [4.69, 9.17) is 11.5 Å². The summed E-state index contributed by atoms with van der Waals surface area (Å²) in [6, 6.07) is 0.558. The van der Waals surface area contributed by atoms with Gasteiger partial charge in [0.2, 0.25) is 0 Å². The molecule has 0 aliphatic carbocycles. The molecule has 0 bridgehead atoms. The Morgan fingerprint density at radius 1 is 1.31 bits per heavy atom. The van der Waals surface area contributed by atoms with Gasteiger partial charge in [-0.05, 0) is 18.9 Å². The molecule has 170 valence electrons. The molecular formula is C20H22F3N7OS. The summed E-state index contributed by atoms with van der Waals surface area (Å²) in [5.41, 5.74) is 12.3. The molecular weight excluding hydrogens is 443 g/mol.